The van der Waals surface area contributed by atoms with E-state index in [0.717, 1.165) is 0 Å². The number of nitrogens with two attached hydrogens (primary N) is 2. The highest BCUT2D eigenvalue weighted by atomic mass is 32.2. The SMILES string of the molecule is CSCCC(N)C(=O)NC(CCSC)C(=O)NC(Cc1cnc[nH]1)C(=O)NC(CCC(N)=O)C(=O)O. The lowest BCUT2D eigenvalue weighted by molar-refractivity contribution is -0.142. The third-order valence-corrected chi connectivity index (χ3v) is 6.41. The molecule has 0 fully saturated rings. The molecule has 0 aliphatic rings. The number of aromatic nitrogens is 2. The fraction of sp³-hybridized carbons (Fsp3) is 0.619. The second kappa shape index (κ2) is 16.8. The molecule has 0 aromatic carbocycles. The van der Waals surface area contributed by atoms with Crippen LogP contribution in [-0.4, -0.2) is 92.9 Å². The highest BCUT2D eigenvalue weighted by molar-refractivity contribution is 7.98. The predicted octanol–water partition coefficient (Wildman–Crippen LogP) is -1.41. The Balaban J connectivity index is 3.01. The number of nitrogens with zero attached hydrogens (tertiary/aromatic N) is 1. The van der Waals surface area contributed by atoms with Gasteiger partial charge < -0.3 is 37.5 Å². The maximum Gasteiger partial charge on any atom is 0.326 e. The molecule has 0 bridgehead atoms. The third kappa shape index (κ3) is 11.8. The van der Waals surface area contributed by atoms with Crippen LogP contribution in [-0.2, 0) is 30.4 Å². The molecule has 4 unspecified atom stereocenters. The van der Waals surface area contributed by atoms with E-state index < -0.39 is 53.8 Å². The lowest BCUT2D eigenvalue weighted by atomic mass is 10.1. The van der Waals surface area contributed by atoms with Crippen molar-refractivity contribution in [3.05, 3.63) is 18.2 Å². The van der Waals surface area contributed by atoms with Crippen molar-refractivity contribution in [1.82, 2.24) is 25.9 Å². The number of amides is 4. The van der Waals surface area contributed by atoms with Crippen LogP contribution in [0.3, 0.4) is 0 Å². The number of primary amides is 1. The summed E-state index contributed by atoms with van der Waals surface area (Å²) < 4.78 is 0. The topological polar surface area (TPSA) is 222 Å². The zero-order valence-corrected chi connectivity index (χ0v) is 22.0. The predicted molar refractivity (Wildman–Crippen MR) is 138 cm³/mol. The Morgan fingerprint density at radius 1 is 0.944 bits per heavy atom. The van der Waals surface area contributed by atoms with Crippen LogP contribution < -0.4 is 27.4 Å². The Morgan fingerprint density at radius 3 is 2.08 bits per heavy atom. The van der Waals surface area contributed by atoms with Gasteiger partial charge in [0.15, 0.2) is 0 Å². The van der Waals surface area contributed by atoms with E-state index in [1.807, 2.05) is 12.5 Å². The standard InChI is InChI=1S/C21H35N7O6S2/c1-35-7-5-13(22)18(30)26-14(6-8-36-2)19(31)28-16(9-12-10-24-11-25-12)20(32)27-15(21(33)34)3-4-17(23)29/h10-11,13-16H,3-9,22H2,1-2H3,(H2,23,29)(H,24,25)(H,26,30)(H,27,32)(H,28,31)(H,33,34). The Hall–Kier alpha value is -2.78. The van der Waals surface area contributed by atoms with Crippen molar-refractivity contribution in [3.63, 3.8) is 0 Å². The number of hydrogen-bond acceptors (Lipinski definition) is 9. The Kier molecular flexibility index (Phi) is 14.6. The number of nitrogens with one attached hydrogen (secondary N) is 4. The number of H-pyrrole nitrogens is 1. The van der Waals surface area contributed by atoms with Crippen LogP contribution in [0.2, 0.25) is 0 Å². The van der Waals surface area contributed by atoms with Crippen molar-refractivity contribution in [2.45, 2.75) is 56.3 Å². The third-order valence-electron chi connectivity index (χ3n) is 5.12. The van der Waals surface area contributed by atoms with E-state index in [0.29, 0.717) is 30.0 Å². The minimum absolute atomic E-state index is 0.0177. The molecule has 1 rings (SSSR count). The van der Waals surface area contributed by atoms with Gasteiger partial charge in [-0.2, -0.15) is 23.5 Å². The van der Waals surface area contributed by atoms with Crippen LogP contribution in [0.25, 0.3) is 0 Å². The Bertz CT molecular complexity index is 871. The summed E-state index contributed by atoms with van der Waals surface area (Å²) >= 11 is 3.03. The van der Waals surface area contributed by atoms with Gasteiger partial charge in [-0.25, -0.2) is 9.78 Å². The molecule has 1 aromatic rings. The average molecular weight is 546 g/mol. The fourth-order valence-corrected chi connectivity index (χ4v) is 4.03. The van der Waals surface area contributed by atoms with Gasteiger partial charge in [0.25, 0.3) is 0 Å². The van der Waals surface area contributed by atoms with Gasteiger partial charge in [0.2, 0.25) is 23.6 Å². The smallest absolute Gasteiger partial charge is 0.326 e. The number of carboxylic acid groups (broad SMARTS) is 1. The maximum atomic E-state index is 13.1. The summed E-state index contributed by atoms with van der Waals surface area (Å²) in [6.45, 7) is 0. The lowest BCUT2D eigenvalue weighted by Crippen LogP contribution is -2.57. The van der Waals surface area contributed by atoms with E-state index in [2.05, 4.69) is 25.9 Å². The van der Waals surface area contributed by atoms with E-state index in [9.17, 15) is 29.1 Å². The normalized spacial score (nSPS) is 14.2. The Morgan fingerprint density at radius 2 is 1.53 bits per heavy atom. The number of carbonyl (C=O) groups is 5. The summed E-state index contributed by atoms with van der Waals surface area (Å²) in [7, 11) is 0. The summed E-state index contributed by atoms with van der Waals surface area (Å²) in [4.78, 5) is 68.0. The lowest BCUT2D eigenvalue weighted by Gasteiger charge is -2.25. The number of rotatable bonds is 18. The molecule has 0 saturated heterocycles. The molecule has 4 atom stereocenters. The highest BCUT2D eigenvalue weighted by Gasteiger charge is 2.30. The van der Waals surface area contributed by atoms with Crippen molar-refractivity contribution in [2.24, 2.45) is 11.5 Å². The molecule has 13 nitrogen and oxygen atoms in total. The first-order valence-corrected chi connectivity index (χ1v) is 14.0. The molecule has 0 saturated carbocycles. The summed E-state index contributed by atoms with van der Waals surface area (Å²) in [5.74, 6) is -2.67. The monoisotopic (exact) mass is 545 g/mol. The molecular formula is C21H35N7O6S2. The van der Waals surface area contributed by atoms with Crippen LogP contribution in [0, 0.1) is 0 Å². The number of thioether (sulfide) groups is 2. The van der Waals surface area contributed by atoms with Gasteiger partial charge in [0, 0.05) is 24.7 Å². The summed E-state index contributed by atoms with van der Waals surface area (Å²) in [6.07, 6.45) is 6.88. The summed E-state index contributed by atoms with van der Waals surface area (Å²) in [5.41, 5.74) is 11.5. The highest BCUT2D eigenvalue weighted by Crippen LogP contribution is 2.07. The number of imidazole rings is 1. The molecule has 1 aromatic heterocycles. The van der Waals surface area contributed by atoms with E-state index in [1.165, 1.54) is 24.3 Å². The number of carboxylic acids is 1. The van der Waals surface area contributed by atoms with Crippen LogP contribution in [0.1, 0.15) is 31.4 Å². The first-order valence-electron chi connectivity index (χ1n) is 11.2. The summed E-state index contributed by atoms with van der Waals surface area (Å²) in [5, 5.41) is 17.0. The van der Waals surface area contributed by atoms with Gasteiger partial charge in [0.1, 0.15) is 18.1 Å². The first kappa shape index (κ1) is 31.3. The minimum atomic E-state index is -1.38. The van der Waals surface area contributed by atoms with Gasteiger partial charge >= 0.3 is 5.97 Å². The molecule has 36 heavy (non-hydrogen) atoms. The molecule has 202 valence electrons. The van der Waals surface area contributed by atoms with Gasteiger partial charge in [-0.1, -0.05) is 0 Å². The van der Waals surface area contributed by atoms with Gasteiger partial charge in [-0.3, -0.25) is 19.2 Å². The molecule has 0 radical (unpaired) electrons. The van der Waals surface area contributed by atoms with E-state index in [-0.39, 0.29) is 19.3 Å². The zero-order chi connectivity index (χ0) is 27.1. The van der Waals surface area contributed by atoms with E-state index in [1.54, 1.807) is 11.8 Å². The van der Waals surface area contributed by atoms with E-state index >= 15 is 0 Å². The molecule has 0 aliphatic heterocycles. The first-order chi connectivity index (χ1) is 17.1. The fourth-order valence-electron chi connectivity index (χ4n) is 3.07. The Labute approximate surface area is 218 Å². The van der Waals surface area contributed by atoms with Crippen molar-refractivity contribution >= 4 is 53.1 Å². The van der Waals surface area contributed by atoms with E-state index in [4.69, 9.17) is 11.5 Å². The average Bonchev–Trinajstić information content (AvgIpc) is 3.34. The van der Waals surface area contributed by atoms with Gasteiger partial charge in [0.05, 0.1) is 12.4 Å². The van der Waals surface area contributed by atoms with Crippen LogP contribution in [0.4, 0.5) is 0 Å². The molecular weight excluding hydrogens is 510 g/mol. The molecule has 4 amide bonds. The van der Waals surface area contributed by atoms with Crippen LogP contribution in [0.15, 0.2) is 12.5 Å². The van der Waals surface area contributed by atoms with Crippen LogP contribution in [0.5, 0.6) is 0 Å². The molecule has 0 spiro atoms. The molecule has 1 heterocycles. The summed E-state index contributed by atoms with van der Waals surface area (Å²) in [6, 6.07) is -4.31. The van der Waals surface area contributed by atoms with Crippen molar-refractivity contribution in [3.8, 4) is 0 Å². The molecule has 9 N–H and O–H groups in total. The number of aromatic amines is 1. The largest absolute Gasteiger partial charge is 0.480 e. The van der Waals surface area contributed by atoms with Crippen molar-refractivity contribution in [1.29, 1.82) is 0 Å². The number of aliphatic carboxylic acids is 1. The quantitative estimate of drug-likeness (QED) is 0.114. The second-order valence-corrected chi connectivity index (χ2v) is 9.95. The zero-order valence-electron chi connectivity index (χ0n) is 20.3. The number of hydrogen-bond donors (Lipinski definition) is 7. The molecule has 15 heteroatoms. The second-order valence-electron chi connectivity index (χ2n) is 7.98. The van der Waals surface area contributed by atoms with Crippen molar-refractivity contribution in [2.75, 3.05) is 24.0 Å². The van der Waals surface area contributed by atoms with Gasteiger partial charge in [-0.15, -0.1) is 0 Å². The molecule has 0 aliphatic carbocycles. The number of carbonyl (C=O) groups excluding carboxylic acids is 4. The van der Waals surface area contributed by atoms with Crippen molar-refractivity contribution < 1.29 is 29.1 Å². The van der Waals surface area contributed by atoms with Gasteiger partial charge in [-0.05, 0) is 43.3 Å². The maximum absolute atomic E-state index is 13.1. The minimum Gasteiger partial charge on any atom is -0.480 e. The van der Waals surface area contributed by atoms with Crippen LogP contribution >= 0.6 is 23.5 Å².